The van der Waals surface area contributed by atoms with Gasteiger partial charge < -0.3 is 10.2 Å². The molecule has 2 heterocycles. The van der Waals surface area contributed by atoms with Gasteiger partial charge in [-0.2, -0.15) is 0 Å². The molecule has 1 saturated heterocycles. The molecule has 2 rings (SSSR count). The second kappa shape index (κ2) is 2.59. The largest absolute Gasteiger partial charge is 0.392 e. The summed E-state index contributed by atoms with van der Waals surface area (Å²) in [6.45, 7) is 0.485. The topological polar surface area (TPSA) is 43.7 Å². The first-order valence-corrected chi connectivity index (χ1v) is 3.92. The molecule has 0 amide bonds. The molecule has 0 aliphatic carbocycles. The lowest BCUT2D eigenvalue weighted by Gasteiger charge is -2.19. The van der Waals surface area contributed by atoms with Crippen LogP contribution in [0.3, 0.4) is 0 Å². The maximum Gasteiger partial charge on any atom is 0.0746 e. The standard InChI is InChI=1S/C8H13NO2/c10-5-6-1-3-9-4-2-7(11)8(6)9/h1,7-8,10-11H,2-5H2/t7-,8-/m1/s1/i5D/t5?,7-,8-. The van der Waals surface area contributed by atoms with Crippen molar-refractivity contribution in [2.45, 2.75) is 18.6 Å². The van der Waals surface area contributed by atoms with Crippen LogP contribution in [0.2, 0.25) is 0 Å². The summed E-state index contributed by atoms with van der Waals surface area (Å²) >= 11 is 0. The van der Waals surface area contributed by atoms with Crippen molar-refractivity contribution in [3.8, 4) is 0 Å². The number of rotatable bonds is 1. The fraction of sp³-hybridized carbons (Fsp3) is 0.750. The van der Waals surface area contributed by atoms with Crippen molar-refractivity contribution in [3.63, 3.8) is 0 Å². The summed E-state index contributed by atoms with van der Waals surface area (Å²) in [4.78, 5) is 2.10. The number of nitrogens with zero attached hydrogens (tertiary/aromatic N) is 1. The molecule has 11 heavy (non-hydrogen) atoms. The minimum absolute atomic E-state index is 0.0856. The molecule has 2 aliphatic heterocycles. The van der Waals surface area contributed by atoms with Gasteiger partial charge in [0.1, 0.15) is 0 Å². The van der Waals surface area contributed by atoms with Crippen LogP contribution >= 0.6 is 0 Å². The Bertz CT molecular complexity index is 217. The average Bonchev–Trinajstić information content (AvgIpc) is 2.53. The Morgan fingerprint density at radius 3 is 3.36 bits per heavy atom. The molecule has 3 heteroatoms. The van der Waals surface area contributed by atoms with Crippen molar-refractivity contribution in [1.82, 2.24) is 4.90 Å². The highest BCUT2D eigenvalue weighted by molar-refractivity contribution is 5.22. The molecule has 0 radical (unpaired) electrons. The quantitative estimate of drug-likeness (QED) is 0.496. The summed E-state index contributed by atoms with van der Waals surface area (Å²) in [7, 11) is 0. The predicted octanol–water partition coefficient (Wildman–Crippen LogP) is -0.646. The third-order valence-corrected chi connectivity index (χ3v) is 2.52. The van der Waals surface area contributed by atoms with E-state index in [-0.39, 0.29) is 6.04 Å². The zero-order valence-electron chi connectivity index (χ0n) is 7.27. The van der Waals surface area contributed by atoms with Crippen molar-refractivity contribution in [3.05, 3.63) is 11.6 Å². The predicted molar refractivity (Wildman–Crippen MR) is 41.2 cm³/mol. The first-order valence-electron chi connectivity index (χ1n) is 4.50. The summed E-state index contributed by atoms with van der Waals surface area (Å²) in [5.41, 5.74) is 0.667. The molecule has 1 unspecified atom stereocenters. The summed E-state index contributed by atoms with van der Waals surface area (Å²) in [5.74, 6) is 0. The summed E-state index contributed by atoms with van der Waals surface area (Å²) in [5, 5.41) is 18.6. The Balaban J connectivity index is 2.17. The van der Waals surface area contributed by atoms with E-state index in [1.165, 1.54) is 0 Å². The minimum atomic E-state index is -1.16. The van der Waals surface area contributed by atoms with Crippen LogP contribution < -0.4 is 0 Å². The first kappa shape index (κ1) is 6.17. The lowest BCUT2D eigenvalue weighted by atomic mass is 10.1. The van der Waals surface area contributed by atoms with Crippen LogP contribution in [0.4, 0.5) is 0 Å². The average molecular weight is 156 g/mol. The SMILES string of the molecule is [2H]C(O)C1=CCN2CC[C@@H](O)[C@@H]12. The van der Waals surface area contributed by atoms with Crippen molar-refractivity contribution in [2.24, 2.45) is 0 Å². The van der Waals surface area contributed by atoms with E-state index >= 15 is 0 Å². The molecular weight excluding hydrogens is 142 g/mol. The molecule has 0 aromatic rings. The van der Waals surface area contributed by atoms with E-state index < -0.39 is 12.7 Å². The van der Waals surface area contributed by atoms with Gasteiger partial charge >= 0.3 is 0 Å². The molecular formula is C8H13NO2. The van der Waals surface area contributed by atoms with Gasteiger partial charge in [0.05, 0.1) is 20.1 Å². The van der Waals surface area contributed by atoms with E-state index in [1.807, 2.05) is 6.08 Å². The lowest BCUT2D eigenvalue weighted by Crippen LogP contribution is -2.32. The van der Waals surface area contributed by atoms with E-state index in [0.29, 0.717) is 5.57 Å². The maximum absolute atomic E-state index is 9.54. The van der Waals surface area contributed by atoms with Gasteiger partial charge in [-0.15, -0.1) is 0 Å². The van der Waals surface area contributed by atoms with Crippen LogP contribution in [0.5, 0.6) is 0 Å². The number of aliphatic hydroxyl groups is 2. The number of aliphatic hydroxyl groups excluding tert-OH is 2. The number of hydrogen-bond donors (Lipinski definition) is 2. The molecule has 0 aromatic heterocycles. The molecule has 62 valence electrons. The molecule has 2 N–H and O–H groups in total. The monoisotopic (exact) mass is 156 g/mol. The second-order valence-electron chi connectivity index (χ2n) is 3.13. The molecule has 0 saturated carbocycles. The molecule has 3 atom stereocenters. The third kappa shape index (κ3) is 1.00. The normalized spacial score (nSPS) is 41.6. The Morgan fingerprint density at radius 1 is 1.82 bits per heavy atom. The van der Waals surface area contributed by atoms with E-state index in [0.717, 1.165) is 19.5 Å². The molecule has 0 spiro atoms. The molecule has 1 fully saturated rings. The Labute approximate surface area is 67.3 Å². The Kier molecular flexibility index (Phi) is 1.45. The van der Waals surface area contributed by atoms with Gasteiger partial charge in [-0.1, -0.05) is 6.08 Å². The minimum Gasteiger partial charge on any atom is -0.392 e. The van der Waals surface area contributed by atoms with Gasteiger partial charge in [0, 0.05) is 13.1 Å². The Hall–Kier alpha value is -0.380. The molecule has 0 bridgehead atoms. The van der Waals surface area contributed by atoms with Crippen LogP contribution in [0, 0.1) is 0 Å². The van der Waals surface area contributed by atoms with Gasteiger partial charge in [-0.3, -0.25) is 4.90 Å². The van der Waals surface area contributed by atoms with Crippen LogP contribution in [-0.4, -0.2) is 46.9 Å². The van der Waals surface area contributed by atoms with Crippen LogP contribution in [0.15, 0.2) is 11.6 Å². The zero-order valence-corrected chi connectivity index (χ0v) is 6.27. The smallest absolute Gasteiger partial charge is 0.0746 e. The van der Waals surface area contributed by atoms with E-state index in [1.54, 1.807) is 0 Å². The zero-order chi connectivity index (χ0) is 8.72. The summed E-state index contributed by atoms with van der Waals surface area (Å²) in [6, 6.07) is -0.0856. The van der Waals surface area contributed by atoms with Gasteiger partial charge in [0.15, 0.2) is 0 Å². The molecule has 3 nitrogen and oxygen atoms in total. The van der Waals surface area contributed by atoms with Gasteiger partial charge in [-0.05, 0) is 12.0 Å². The fourth-order valence-electron chi connectivity index (χ4n) is 1.95. The van der Waals surface area contributed by atoms with E-state index in [2.05, 4.69) is 4.90 Å². The number of fused-ring (bicyclic) bond motifs is 1. The highest BCUT2D eigenvalue weighted by Crippen LogP contribution is 2.28. The van der Waals surface area contributed by atoms with E-state index in [4.69, 9.17) is 6.48 Å². The van der Waals surface area contributed by atoms with Gasteiger partial charge in [0.25, 0.3) is 0 Å². The third-order valence-electron chi connectivity index (χ3n) is 2.52. The summed E-state index contributed by atoms with van der Waals surface area (Å²) in [6.07, 6.45) is 2.22. The summed E-state index contributed by atoms with van der Waals surface area (Å²) < 4.78 is 7.17. The lowest BCUT2D eigenvalue weighted by molar-refractivity contribution is 0.140. The Morgan fingerprint density at radius 2 is 2.64 bits per heavy atom. The van der Waals surface area contributed by atoms with Crippen molar-refractivity contribution in [2.75, 3.05) is 19.7 Å². The molecule has 2 aliphatic rings. The van der Waals surface area contributed by atoms with Crippen molar-refractivity contribution >= 4 is 0 Å². The van der Waals surface area contributed by atoms with Crippen molar-refractivity contribution < 1.29 is 11.6 Å². The van der Waals surface area contributed by atoms with Crippen molar-refractivity contribution in [1.29, 1.82) is 0 Å². The fourth-order valence-corrected chi connectivity index (χ4v) is 1.95. The van der Waals surface area contributed by atoms with Crippen LogP contribution in [0.1, 0.15) is 7.79 Å². The molecule has 0 aromatic carbocycles. The van der Waals surface area contributed by atoms with Gasteiger partial charge in [0.2, 0.25) is 0 Å². The highest BCUT2D eigenvalue weighted by atomic mass is 16.3. The maximum atomic E-state index is 9.54. The first-order chi connectivity index (χ1) is 5.70. The highest BCUT2D eigenvalue weighted by Gasteiger charge is 2.37. The van der Waals surface area contributed by atoms with E-state index in [9.17, 15) is 5.11 Å². The van der Waals surface area contributed by atoms with Crippen LogP contribution in [0.25, 0.3) is 0 Å². The number of hydrogen-bond acceptors (Lipinski definition) is 3. The van der Waals surface area contributed by atoms with Gasteiger partial charge in [-0.25, -0.2) is 0 Å². The second-order valence-corrected chi connectivity index (χ2v) is 3.13. The van der Waals surface area contributed by atoms with Crippen LogP contribution in [-0.2, 0) is 0 Å².